The molecule has 0 aliphatic rings. The van der Waals surface area contributed by atoms with Crippen molar-refractivity contribution in [3.05, 3.63) is 179 Å². The van der Waals surface area contributed by atoms with Crippen molar-refractivity contribution in [2.75, 3.05) is 38.9 Å². The van der Waals surface area contributed by atoms with Gasteiger partial charge in [-0.2, -0.15) is 26.3 Å². The van der Waals surface area contributed by atoms with Crippen LogP contribution in [0.3, 0.4) is 0 Å². The molecule has 14 nitrogen and oxygen atoms in total. The van der Waals surface area contributed by atoms with Crippen LogP contribution in [0.4, 0.5) is 37.7 Å². The highest BCUT2D eigenvalue weighted by Crippen LogP contribution is 2.43. The van der Waals surface area contributed by atoms with Crippen molar-refractivity contribution in [3.8, 4) is 34.5 Å². The van der Waals surface area contributed by atoms with E-state index >= 15 is 0 Å². The van der Waals surface area contributed by atoms with E-state index in [0.717, 1.165) is 6.08 Å². The number of ketones is 2. The molecule has 81 heavy (non-hydrogen) atoms. The topological polar surface area (TPSA) is 216 Å². The molecular weight excluding hydrogens is 1070 g/mol. The number of ether oxygens (including phenoxy) is 6. The van der Waals surface area contributed by atoms with Crippen molar-refractivity contribution in [2.24, 2.45) is 5.41 Å². The highest BCUT2D eigenvalue weighted by Gasteiger charge is 2.54. The molecule has 0 saturated carbocycles. The Morgan fingerprint density at radius 2 is 0.901 bits per heavy atom. The summed E-state index contributed by atoms with van der Waals surface area (Å²) in [6.07, 6.45) is -6.28. The number of nitrogen functional groups attached to an aromatic ring is 2. The van der Waals surface area contributed by atoms with Gasteiger partial charge in [0.05, 0.1) is 38.6 Å². The molecule has 428 valence electrons. The molecule has 0 aliphatic carbocycles. The molecule has 6 rings (SSSR count). The molecule has 0 spiro atoms. The maximum atomic E-state index is 14.4. The number of hydrogen-bond donors (Lipinski definition) is 4. The van der Waals surface area contributed by atoms with Crippen LogP contribution in [-0.2, 0) is 22.4 Å². The van der Waals surface area contributed by atoms with Crippen LogP contribution < -0.4 is 39.9 Å². The second-order valence-corrected chi connectivity index (χ2v) is 19.0. The molecule has 0 aliphatic heterocycles. The van der Waals surface area contributed by atoms with E-state index < -0.39 is 66.3 Å². The number of halogens is 6. The second-order valence-electron chi connectivity index (χ2n) is 19.0. The molecule has 6 aromatic rings. The summed E-state index contributed by atoms with van der Waals surface area (Å²) in [5.41, 5.74) is 12.9. The first-order valence-electron chi connectivity index (χ1n) is 25.4. The standard InChI is InChI=1S/C61H60F6N2O12/c1-76-53-35-40(12-28-51(53)80-56(72)44-15-24-49(25-16-44)78-33-5-3-31-59(62,63)64)11-23-48(70)39-58(37-42-7-19-46(68)20-8-42,38-43-9-21-47(69)22-10-43)61(74,75)55(71)30-14-41-13-29-52(54(36-41)77-2)81-57(73)45-17-26-50(27-18-45)79-34-6-4-32-60(65,66)67/h7-30,35-36,74-75H,3-6,31-34,37-39,68-69H2,1-2H3. The van der Waals surface area contributed by atoms with E-state index in [1.54, 1.807) is 54.6 Å². The normalized spacial score (nSPS) is 12.1. The Balaban J connectivity index is 1.19. The summed E-state index contributed by atoms with van der Waals surface area (Å²) < 4.78 is 108. The molecular formula is C61H60F6N2O12. The van der Waals surface area contributed by atoms with E-state index in [1.165, 1.54) is 111 Å². The van der Waals surface area contributed by atoms with Gasteiger partial charge in [-0.3, -0.25) is 9.59 Å². The number of hydrogen-bond acceptors (Lipinski definition) is 14. The zero-order valence-electron chi connectivity index (χ0n) is 44.2. The average Bonchev–Trinajstić information content (AvgIpc) is 3.56. The summed E-state index contributed by atoms with van der Waals surface area (Å²) >= 11 is 0. The number of rotatable bonds is 28. The Hall–Kier alpha value is -8.62. The quantitative estimate of drug-likeness (QED) is 0.00684. The maximum Gasteiger partial charge on any atom is 0.389 e. The summed E-state index contributed by atoms with van der Waals surface area (Å²) in [6.45, 7) is 0.114. The van der Waals surface area contributed by atoms with Crippen molar-refractivity contribution < 1.29 is 84.2 Å². The van der Waals surface area contributed by atoms with Gasteiger partial charge in [-0.15, -0.1) is 0 Å². The molecule has 0 bridgehead atoms. The molecule has 20 heteroatoms. The van der Waals surface area contributed by atoms with E-state index in [1.807, 2.05) is 0 Å². The summed E-state index contributed by atoms with van der Waals surface area (Å²) in [5, 5.41) is 24.7. The van der Waals surface area contributed by atoms with Gasteiger partial charge in [0.2, 0.25) is 11.6 Å². The van der Waals surface area contributed by atoms with Gasteiger partial charge < -0.3 is 50.1 Å². The third-order valence-corrected chi connectivity index (χ3v) is 12.7. The minimum Gasteiger partial charge on any atom is -0.494 e. The lowest BCUT2D eigenvalue weighted by Crippen LogP contribution is -2.57. The highest BCUT2D eigenvalue weighted by atomic mass is 19.4. The SMILES string of the molecule is COc1cc(C=CC(=O)CC(Cc2ccc(N)cc2)(Cc2ccc(N)cc2)C(O)(O)C(=O)C=Cc2ccc(OC(=O)c3ccc(OCCCCC(F)(F)F)cc3)c(OC)c2)ccc1OC(=O)c1ccc(OCCCCC(F)(F)F)cc1. The largest absolute Gasteiger partial charge is 0.494 e. The number of allylic oxidation sites excluding steroid dienone is 1. The number of esters is 2. The van der Waals surface area contributed by atoms with Crippen LogP contribution in [0, 0.1) is 5.41 Å². The first-order valence-corrected chi connectivity index (χ1v) is 25.4. The summed E-state index contributed by atoms with van der Waals surface area (Å²) in [5.74, 6) is -5.67. The van der Waals surface area contributed by atoms with Crippen LogP contribution in [-0.4, -0.2) is 79.3 Å². The number of alkyl halides is 6. The lowest BCUT2D eigenvalue weighted by molar-refractivity contribution is -0.230. The van der Waals surface area contributed by atoms with Crippen LogP contribution in [0.15, 0.2) is 146 Å². The molecule has 0 heterocycles. The fourth-order valence-corrected chi connectivity index (χ4v) is 8.41. The second kappa shape index (κ2) is 28.0. The van der Waals surface area contributed by atoms with Gasteiger partial charge in [-0.25, -0.2) is 9.59 Å². The van der Waals surface area contributed by atoms with E-state index in [0.29, 0.717) is 45.1 Å². The summed E-state index contributed by atoms with van der Waals surface area (Å²) in [7, 11) is 2.66. The molecule has 6 N–H and O–H groups in total. The molecule has 0 amide bonds. The molecule has 0 unspecified atom stereocenters. The number of anilines is 2. The van der Waals surface area contributed by atoms with Gasteiger partial charge in [0.15, 0.2) is 28.8 Å². The lowest BCUT2D eigenvalue weighted by atomic mass is 9.65. The Morgan fingerprint density at radius 1 is 0.506 bits per heavy atom. The lowest BCUT2D eigenvalue weighted by Gasteiger charge is -2.42. The molecule has 0 saturated heterocycles. The molecule has 0 aromatic heterocycles. The number of carbonyl (C=O) groups is 4. The minimum absolute atomic E-state index is 0.000833. The van der Waals surface area contributed by atoms with Gasteiger partial charge in [0, 0.05) is 36.1 Å². The van der Waals surface area contributed by atoms with Crippen molar-refractivity contribution in [1.82, 2.24) is 0 Å². The van der Waals surface area contributed by atoms with E-state index in [9.17, 15) is 55.7 Å². The van der Waals surface area contributed by atoms with Crippen LogP contribution >= 0.6 is 0 Å². The monoisotopic (exact) mass is 1130 g/mol. The van der Waals surface area contributed by atoms with E-state index in [-0.39, 0.29) is 85.9 Å². The maximum absolute atomic E-state index is 14.4. The third kappa shape index (κ3) is 18.7. The Morgan fingerprint density at radius 3 is 1.28 bits per heavy atom. The molecule has 0 fully saturated rings. The predicted octanol–water partition coefficient (Wildman–Crippen LogP) is 11.9. The van der Waals surface area contributed by atoms with Crippen LogP contribution in [0.25, 0.3) is 12.2 Å². The third-order valence-electron chi connectivity index (χ3n) is 12.7. The highest BCUT2D eigenvalue weighted by molar-refractivity contribution is 6.01. The van der Waals surface area contributed by atoms with Crippen LogP contribution in [0.1, 0.15) is 87.9 Å². The Kier molecular flexibility index (Phi) is 21.3. The fraction of sp³-hybridized carbons (Fsp3) is 0.279. The Bertz CT molecular complexity index is 3090. The van der Waals surface area contributed by atoms with Gasteiger partial charge in [-0.05, 0) is 170 Å². The first kappa shape index (κ1) is 61.6. The van der Waals surface area contributed by atoms with Gasteiger partial charge in [0.1, 0.15) is 11.5 Å². The van der Waals surface area contributed by atoms with Crippen molar-refractivity contribution in [3.63, 3.8) is 0 Å². The molecule has 0 atom stereocenters. The smallest absolute Gasteiger partial charge is 0.389 e. The molecule has 0 radical (unpaired) electrons. The van der Waals surface area contributed by atoms with Crippen molar-refractivity contribution >= 4 is 47.0 Å². The van der Waals surface area contributed by atoms with Gasteiger partial charge in [-0.1, -0.05) is 48.6 Å². The molecule has 6 aromatic carbocycles. The van der Waals surface area contributed by atoms with Crippen LogP contribution in [0.2, 0.25) is 0 Å². The number of carbonyl (C=O) groups excluding carboxylic acids is 4. The zero-order valence-corrected chi connectivity index (χ0v) is 44.2. The van der Waals surface area contributed by atoms with Crippen LogP contribution in [0.5, 0.6) is 34.5 Å². The number of nitrogens with two attached hydrogens (primary N) is 2. The number of aliphatic hydroxyl groups is 2. The zero-order chi connectivity index (χ0) is 58.8. The van der Waals surface area contributed by atoms with Gasteiger partial charge >= 0.3 is 24.3 Å². The fourth-order valence-electron chi connectivity index (χ4n) is 8.41. The van der Waals surface area contributed by atoms with Crippen molar-refractivity contribution in [2.45, 2.75) is 75.9 Å². The van der Waals surface area contributed by atoms with Gasteiger partial charge in [0.25, 0.3) is 0 Å². The summed E-state index contributed by atoms with van der Waals surface area (Å²) in [6, 6.07) is 33.4. The minimum atomic E-state index is -4.25. The number of unbranched alkanes of at least 4 members (excludes halogenated alkanes) is 2. The number of methoxy groups -OCH3 is 2. The van der Waals surface area contributed by atoms with E-state index in [4.69, 9.17) is 39.9 Å². The van der Waals surface area contributed by atoms with Crippen molar-refractivity contribution in [1.29, 1.82) is 0 Å². The Labute approximate surface area is 463 Å². The van der Waals surface area contributed by atoms with E-state index in [2.05, 4.69) is 0 Å². The predicted molar refractivity (Wildman–Crippen MR) is 291 cm³/mol. The first-order chi connectivity index (χ1) is 38.4. The number of benzene rings is 6. The average molecular weight is 1130 g/mol. The summed E-state index contributed by atoms with van der Waals surface area (Å²) in [4.78, 5) is 54.9.